The highest BCUT2D eigenvalue weighted by molar-refractivity contribution is 5.76. The first-order valence-corrected chi connectivity index (χ1v) is 18.3. The molecule has 0 amide bonds. The van der Waals surface area contributed by atoms with Crippen molar-refractivity contribution in [3.63, 3.8) is 0 Å². The Hall–Kier alpha value is -4.68. The minimum absolute atomic E-state index is 1.17. The van der Waals surface area contributed by atoms with Crippen molar-refractivity contribution in [3.8, 4) is 44.5 Å². The molecule has 0 saturated heterocycles. The number of rotatable bonds is 12. The van der Waals surface area contributed by atoms with Crippen LogP contribution >= 0.6 is 0 Å². The normalized spacial score (nSPS) is 11.2. The van der Waals surface area contributed by atoms with Crippen LogP contribution in [0.4, 0.5) is 0 Å². The highest BCUT2D eigenvalue weighted by Crippen LogP contribution is 2.32. The average molecular weight is 641 g/mol. The van der Waals surface area contributed by atoms with Gasteiger partial charge in [-0.3, -0.25) is 0 Å². The lowest BCUT2D eigenvalue weighted by Crippen LogP contribution is -1.93. The van der Waals surface area contributed by atoms with Gasteiger partial charge in [-0.05, 0) is 156 Å². The molecule has 248 valence electrons. The Morgan fingerprint density at radius 2 is 0.592 bits per heavy atom. The second-order valence-corrected chi connectivity index (χ2v) is 14.2. The Labute approximate surface area is 295 Å². The summed E-state index contributed by atoms with van der Waals surface area (Å²) in [5.74, 6) is 0. The van der Waals surface area contributed by atoms with E-state index in [9.17, 15) is 0 Å². The third kappa shape index (κ3) is 8.14. The summed E-state index contributed by atoms with van der Waals surface area (Å²) in [5, 5.41) is 0. The van der Waals surface area contributed by atoms with Gasteiger partial charge in [-0.25, -0.2) is 0 Å². The Morgan fingerprint density at radius 3 is 0.939 bits per heavy atom. The van der Waals surface area contributed by atoms with Crippen molar-refractivity contribution in [3.05, 3.63) is 166 Å². The molecule has 0 bridgehead atoms. The standard InChI is InChI=1S/C49H52/c1-34-14-12-15-35(2)48(34)44-26-22-42(23-27-44)46-30-20-40(38(5)32-46)18-10-8-7-9-11-19-41-21-31-47(33-39(41)6)43-24-28-45(29-25-43)49-36(3)16-13-17-37(49)4/h12-17,20-33H,7-11,18-19H2,1-6H3. The molecule has 0 aliphatic carbocycles. The molecule has 6 rings (SSSR count). The fourth-order valence-electron chi connectivity index (χ4n) is 7.67. The fraction of sp³-hybridized carbons (Fsp3) is 0.265. The molecule has 0 saturated carbocycles. The van der Waals surface area contributed by atoms with E-state index in [0.29, 0.717) is 0 Å². The number of hydrogen-bond donors (Lipinski definition) is 0. The summed E-state index contributed by atoms with van der Waals surface area (Å²) in [7, 11) is 0. The monoisotopic (exact) mass is 640 g/mol. The second kappa shape index (κ2) is 15.7. The fourth-order valence-corrected chi connectivity index (χ4v) is 7.67. The smallest absolute Gasteiger partial charge is 0.0125 e. The zero-order chi connectivity index (χ0) is 34.3. The summed E-state index contributed by atoms with van der Waals surface area (Å²) in [6.45, 7) is 13.4. The van der Waals surface area contributed by atoms with E-state index in [0.717, 1.165) is 0 Å². The molecule has 0 N–H and O–H groups in total. The minimum atomic E-state index is 1.17. The van der Waals surface area contributed by atoms with Crippen molar-refractivity contribution < 1.29 is 0 Å². The summed E-state index contributed by atoms with van der Waals surface area (Å²) in [5.41, 5.74) is 21.6. The van der Waals surface area contributed by atoms with Crippen LogP contribution in [0.1, 0.15) is 76.6 Å². The molecule has 0 spiro atoms. The van der Waals surface area contributed by atoms with Crippen LogP contribution < -0.4 is 0 Å². The Balaban J connectivity index is 0.944. The van der Waals surface area contributed by atoms with Crippen molar-refractivity contribution in [2.45, 2.75) is 86.5 Å². The number of aryl methyl sites for hydroxylation is 8. The van der Waals surface area contributed by atoms with Gasteiger partial charge in [0.15, 0.2) is 0 Å². The molecule has 0 unspecified atom stereocenters. The van der Waals surface area contributed by atoms with Gasteiger partial charge in [0.05, 0.1) is 0 Å². The molecular weight excluding hydrogens is 589 g/mol. The van der Waals surface area contributed by atoms with Crippen LogP contribution in [0.25, 0.3) is 44.5 Å². The molecular formula is C49H52. The lowest BCUT2D eigenvalue weighted by atomic mass is 9.92. The van der Waals surface area contributed by atoms with Gasteiger partial charge in [-0.2, -0.15) is 0 Å². The predicted molar refractivity (Wildman–Crippen MR) is 214 cm³/mol. The van der Waals surface area contributed by atoms with Gasteiger partial charge in [-0.15, -0.1) is 0 Å². The Bertz CT molecular complexity index is 1830. The summed E-state index contributed by atoms with van der Waals surface area (Å²) in [4.78, 5) is 0. The van der Waals surface area contributed by atoms with Crippen molar-refractivity contribution in [1.29, 1.82) is 0 Å². The summed E-state index contributed by atoms with van der Waals surface area (Å²) in [6.07, 6.45) is 8.79. The molecule has 49 heavy (non-hydrogen) atoms. The first kappa shape index (κ1) is 34.2. The summed E-state index contributed by atoms with van der Waals surface area (Å²) >= 11 is 0. The molecule has 0 heteroatoms. The minimum Gasteiger partial charge on any atom is -0.0617 e. The molecule has 0 fully saturated rings. The van der Waals surface area contributed by atoms with Crippen LogP contribution in [0, 0.1) is 41.5 Å². The first-order chi connectivity index (χ1) is 23.8. The molecule has 0 atom stereocenters. The van der Waals surface area contributed by atoms with Gasteiger partial charge < -0.3 is 0 Å². The van der Waals surface area contributed by atoms with E-state index in [4.69, 9.17) is 0 Å². The molecule has 0 heterocycles. The molecule has 0 nitrogen and oxygen atoms in total. The van der Waals surface area contributed by atoms with Crippen LogP contribution in [-0.4, -0.2) is 0 Å². The van der Waals surface area contributed by atoms with E-state index >= 15 is 0 Å². The molecule has 0 aromatic heterocycles. The molecule has 0 aliphatic rings. The van der Waals surface area contributed by atoms with Crippen LogP contribution in [0.5, 0.6) is 0 Å². The van der Waals surface area contributed by atoms with E-state index in [-0.39, 0.29) is 0 Å². The van der Waals surface area contributed by atoms with E-state index < -0.39 is 0 Å². The van der Waals surface area contributed by atoms with E-state index in [1.54, 1.807) is 0 Å². The van der Waals surface area contributed by atoms with Crippen molar-refractivity contribution in [2.75, 3.05) is 0 Å². The van der Waals surface area contributed by atoms with Crippen LogP contribution in [0.3, 0.4) is 0 Å². The van der Waals surface area contributed by atoms with Gasteiger partial charge in [0, 0.05) is 0 Å². The highest BCUT2D eigenvalue weighted by atomic mass is 14.1. The quantitative estimate of drug-likeness (QED) is 0.117. The Morgan fingerprint density at radius 1 is 0.286 bits per heavy atom. The van der Waals surface area contributed by atoms with Gasteiger partial charge in [0.1, 0.15) is 0 Å². The lowest BCUT2D eigenvalue weighted by Gasteiger charge is -2.12. The lowest BCUT2D eigenvalue weighted by molar-refractivity contribution is 0.612. The third-order valence-corrected chi connectivity index (χ3v) is 10.6. The maximum atomic E-state index is 2.37. The van der Waals surface area contributed by atoms with Gasteiger partial charge in [0.2, 0.25) is 0 Å². The number of unbranched alkanes of at least 4 members (excludes halogenated alkanes) is 4. The molecule has 0 aliphatic heterocycles. The topological polar surface area (TPSA) is 0 Å². The van der Waals surface area contributed by atoms with Crippen molar-refractivity contribution in [2.24, 2.45) is 0 Å². The zero-order valence-corrected chi connectivity index (χ0v) is 30.5. The maximum absolute atomic E-state index is 2.37. The van der Waals surface area contributed by atoms with Gasteiger partial charge in [-0.1, -0.05) is 141 Å². The number of benzene rings is 6. The van der Waals surface area contributed by atoms with Crippen LogP contribution in [-0.2, 0) is 12.8 Å². The largest absolute Gasteiger partial charge is 0.0617 e. The summed E-state index contributed by atoms with van der Waals surface area (Å²) < 4.78 is 0. The first-order valence-electron chi connectivity index (χ1n) is 18.3. The Kier molecular flexibility index (Phi) is 10.9. The van der Waals surface area contributed by atoms with Crippen LogP contribution in [0.2, 0.25) is 0 Å². The van der Waals surface area contributed by atoms with Crippen LogP contribution in [0.15, 0.2) is 121 Å². The maximum Gasteiger partial charge on any atom is -0.0125 e. The van der Waals surface area contributed by atoms with Gasteiger partial charge in [0.25, 0.3) is 0 Å². The van der Waals surface area contributed by atoms with Gasteiger partial charge >= 0.3 is 0 Å². The molecule has 6 aromatic carbocycles. The summed E-state index contributed by atoms with van der Waals surface area (Å²) in [6, 6.07) is 45.4. The SMILES string of the molecule is Cc1cc(-c2ccc(-c3c(C)cccc3C)cc2)ccc1CCCCCCCc1ccc(-c2ccc(-c3c(C)cccc3C)cc2)cc1C. The molecule has 0 radical (unpaired) electrons. The second-order valence-electron chi connectivity index (χ2n) is 14.2. The third-order valence-electron chi connectivity index (χ3n) is 10.6. The number of hydrogen-bond acceptors (Lipinski definition) is 0. The average Bonchev–Trinajstić information content (AvgIpc) is 3.09. The van der Waals surface area contributed by atoms with Crippen molar-refractivity contribution >= 4 is 0 Å². The highest BCUT2D eigenvalue weighted by Gasteiger charge is 2.09. The van der Waals surface area contributed by atoms with E-state index in [2.05, 4.69) is 163 Å². The van der Waals surface area contributed by atoms with E-state index in [1.165, 1.54) is 134 Å². The predicted octanol–water partition coefficient (Wildman–Crippen LogP) is 13.9. The van der Waals surface area contributed by atoms with E-state index in [1.807, 2.05) is 0 Å². The molecule has 6 aromatic rings. The van der Waals surface area contributed by atoms with Crippen molar-refractivity contribution in [1.82, 2.24) is 0 Å². The zero-order valence-electron chi connectivity index (χ0n) is 30.5.